The minimum absolute atomic E-state index is 0.0844. The molecule has 1 aliphatic rings. The van der Waals surface area contributed by atoms with Crippen LogP contribution in [0.5, 0.6) is 11.5 Å². The Balaban J connectivity index is 1.25. The van der Waals surface area contributed by atoms with Gasteiger partial charge >= 0.3 is 0 Å². The lowest BCUT2D eigenvalue weighted by Crippen LogP contribution is -2.38. The number of piperidine rings is 1. The third-order valence-electron chi connectivity index (χ3n) is 6.17. The molecular formula is C27H30FN3O3. The molecule has 6 nitrogen and oxygen atoms in total. The van der Waals surface area contributed by atoms with Crippen LogP contribution in [0.1, 0.15) is 28.8 Å². The largest absolute Gasteiger partial charge is 0.497 e. The first-order valence-corrected chi connectivity index (χ1v) is 11.6. The smallest absolute Gasteiger partial charge is 0.251 e. The van der Waals surface area contributed by atoms with Crippen LogP contribution in [0.15, 0.2) is 67.0 Å². The van der Waals surface area contributed by atoms with Crippen LogP contribution in [0.3, 0.4) is 0 Å². The number of pyridine rings is 1. The highest BCUT2D eigenvalue weighted by molar-refractivity contribution is 5.94. The molecule has 1 aliphatic heterocycles. The molecule has 34 heavy (non-hydrogen) atoms. The van der Waals surface area contributed by atoms with Gasteiger partial charge in [-0.15, -0.1) is 0 Å². The molecule has 4 rings (SSSR count). The van der Waals surface area contributed by atoms with E-state index >= 15 is 0 Å². The van der Waals surface area contributed by atoms with Crippen molar-refractivity contribution in [1.29, 1.82) is 0 Å². The van der Waals surface area contributed by atoms with Crippen molar-refractivity contribution in [1.82, 2.24) is 10.3 Å². The van der Waals surface area contributed by atoms with E-state index in [1.54, 1.807) is 19.5 Å². The van der Waals surface area contributed by atoms with Gasteiger partial charge in [0.15, 0.2) is 11.6 Å². The minimum atomic E-state index is -0.481. The van der Waals surface area contributed by atoms with Gasteiger partial charge in [0.05, 0.1) is 13.7 Å². The van der Waals surface area contributed by atoms with Gasteiger partial charge in [-0.1, -0.05) is 12.1 Å². The Hall–Kier alpha value is -3.61. The molecule has 0 radical (unpaired) electrons. The van der Waals surface area contributed by atoms with Gasteiger partial charge in [0.1, 0.15) is 5.75 Å². The molecule has 0 bridgehead atoms. The Morgan fingerprint density at radius 1 is 1.12 bits per heavy atom. The number of hydrogen-bond donors (Lipinski definition) is 1. The Morgan fingerprint density at radius 2 is 1.91 bits per heavy atom. The quantitative estimate of drug-likeness (QED) is 0.506. The van der Waals surface area contributed by atoms with Crippen LogP contribution >= 0.6 is 0 Å². The van der Waals surface area contributed by atoms with Gasteiger partial charge in [-0.25, -0.2) is 4.39 Å². The maximum absolute atomic E-state index is 14.2. The standard InChI is InChI=1S/C27H30FN3O3/c1-33-24-4-2-3-20(17-24)11-16-34-26-18-22(5-6-25(26)28)27(32)30-19-21-9-14-31(15-10-21)23-7-12-29-13-8-23/h2-8,12-13,17-18,21H,9-11,14-16,19H2,1H3,(H,30,32). The van der Waals surface area contributed by atoms with Gasteiger partial charge in [0.2, 0.25) is 0 Å². The number of benzene rings is 2. The van der Waals surface area contributed by atoms with Crippen LogP contribution in [0.2, 0.25) is 0 Å². The van der Waals surface area contributed by atoms with E-state index in [0.717, 1.165) is 37.2 Å². The van der Waals surface area contributed by atoms with E-state index in [9.17, 15) is 9.18 Å². The fourth-order valence-electron chi connectivity index (χ4n) is 4.15. The number of nitrogens with zero attached hydrogens (tertiary/aromatic N) is 2. The van der Waals surface area contributed by atoms with Crippen molar-refractivity contribution in [2.24, 2.45) is 5.92 Å². The lowest BCUT2D eigenvalue weighted by Gasteiger charge is -2.33. The van der Waals surface area contributed by atoms with Crippen molar-refractivity contribution in [3.8, 4) is 11.5 Å². The summed E-state index contributed by atoms with van der Waals surface area (Å²) in [6.07, 6.45) is 6.23. The van der Waals surface area contributed by atoms with Gasteiger partial charge in [0.25, 0.3) is 5.91 Å². The molecule has 1 amide bonds. The third kappa shape index (κ3) is 6.25. The second-order valence-corrected chi connectivity index (χ2v) is 8.44. The van der Waals surface area contributed by atoms with Crippen LogP contribution in [0.25, 0.3) is 0 Å². The first-order chi connectivity index (χ1) is 16.6. The normalized spacial score (nSPS) is 14.0. The molecule has 7 heteroatoms. The highest BCUT2D eigenvalue weighted by Crippen LogP contribution is 2.23. The van der Waals surface area contributed by atoms with Crippen molar-refractivity contribution < 1.29 is 18.7 Å². The zero-order valence-corrected chi connectivity index (χ0v) is 19.4. The molecule has 0 unspecified atom stereocenters. The molecule has 1 saturated heterocycles. The molecule has 0 spiro atoms. The maximum atomic E-state index is 14.2. The fraction of sp³-hybridized carbons (Fsp3) is 0.333. The van der Waals surface area contributed by atoms with Crippen LogP contribution in [-0.2, 0) is 6.42 Å². The van der Waals surface area contributed by atoms with Gasteiger partial charge in [-0.05, 0) is 66.8 Å². The summed E-state index contributed by atoms with van der Waals surface area (Å²) >= 11 is 0. The number of rotatable bonds is 9. The van der Waals surface area contributed by atoms with E-state index in [1.807, 2.05) is 36.4 Å². The number of aromatic nitrogens is 1. The molecule has 0 aliphatic carbocycles. The Kier molecular flexibility index (Phi) is 7.96. The molecule has 3 aromatic rings. The summed E-state index contributed by atoms with van der Waals surface area (Å²) < 4.78 is 25.1. The van der Waals surface area contributed by atoms with Gasteiger partial charge in [-0.3, -0.25) is 9.78 Å². The van der Waals surface area contributed by atoms with E-state index < -0.39 is 5.82 Å². The first-order valence-electron chi connectivity index (χ1n) is 11.6. The summed E-state index contributed by atoms with van der Waals surface area (Å²) in [6.45, 7) is 2.80. The number of hydrogen-bond acceptors (Lipinski definition) is 5. The zero-order chi connectivity index (χ0) is 23.8. The molecule has 2 aromatic carbocycles. The van der Waals surface area contributed by atoms with Crippen molar-refractivity contribution in [3.05, 3.63) is 83.9 Å². The third-order valence-corrected chi connectivity index (χ3v) is 6.17. The van der Waals surface area contributed by atoms with E-state index in [4.69, 9.17) is 9.47 Å². The summed E-state index contributed by atoms with van der Waals surface area (Å²) in [6, 6.07) is 16.0. The molecule has 1 N–H and O–H groups in total. The van der Waals surface area contributed by atoms with Crippen LogP contribution in [0.4, 0.5) is 10.1 Å². The van der Waals surface area contributed by atoms with E-state index in [1.165, 1.54) is 23.9 Å². The summed E-state index contributed by atoms with van der Waals surface area (Å²) in [4.78, 5) is 19.1. The zero-order valence-electron chi connectivity index (χ0n) is 19.4. The van der Waals surface area contributed by atoms with Crippen LogP contribution in [-0.4, -0.2) is 44.2 Å². The molecule has 1 fully saturated rings. The minimum Gasteiger partial charge on any atom is -0.497 e. The number of nitrogens with one attached hydrogen (secondary N) is 1. The fourth-order valence-corrected chi connectivity index (χ4v) is 4.15. The topological polar surface area (TPSA) is 63.7 Å². The number of carbonyl (C=O) groups is 1. The second kappa shape index (κ2) is 11.5. The SMILES string of the molecule is COc1cccc(CCOc2cc(C(=O)NCC3CCN(c4ccncc4)CC3)ccc2F)c1. The van der Waals surface area contributed by atoms with E-state index in [2.05, 4.69) is 15.2 Å². The Bertz CT molecular complexity index is 1090. The number of amides is 1. The van der Waals surface area contributed by atoms with Crippen LogP contribution in [0, 0.1) is 11.7 Å². The lowest BCUT2D eigenvalue weighted by molar-refractivity contribution is 0.0944. The van der Waals surface area contributed by atoms with Crippen molar-refractivity contribution >= 4 is 11.6 Å². The first kappa shape index (κ1) is 23.5. The summed E-state index contributed by atoms with van der Waals surface area (Å²) in [5.41, 5.74) is 2.61. The summed E-state index contributed by atoms with van der Waals surface area (Å²) in [5, 5.41) is 3.01. The van der Waals surface area contributed by atoms with Gasteiger partial charge in [0, 0.05) is 49.7 Å². The summed E-state index contributed by atoms with van der Waals surface area (Å²) in [7, 11) is 1.62. The lowest BCUT2D eigenvalue weighted by atomic mass is 9.96. The monoisotopic (exact) mass is 463 g/mol. The average Bonchev–Trinajstić information content (AvgIpc) is 2.89. The Labute approximate surface area is 199 Å². The summed E-state index contributed by atoms with van der Waals surface area (Å²) in [5.74, 6) is 0.576. The molecule has 2 heterocycles. The molecule has 178 valence electrons. The molecule has 0 atom stereocenters. The number of anilines is 1. The molecule has 1 aromatic heterocycles. The van der Waals surface area contributed by atoms with E-state index in [-0.39, 0.29) is 11.7 Å². The number of carbonyl (C=O) groups excluding carboxylic acids is 1. The molecule has 0 saturated carbocycles. The predicted octanol–water partition coefficient (Wildman–Crippen LogP) is 4.50. The van der Waals surface area contributed by atoms with Crippen molar-refractivity contribution in [2.45, 2.75) is 19.3 Å². The van der Waals surface area contributed by atoms with Gasteiger partial charge in [-0.2, -0.15) is 0 Å². The average molecular weight is 464 g/mol. The van der Waals surface area contributed by atoms with Crippen molar-refractivity contribution in [3.63, 3.8) is 0 Å². The second-order valence-electron chi connectivity index (χ2n) is 8.44. The number of methoxy groups -OCH3 is 1. The maximum Gasteiger partial charge on any atom is 0.251 e. The van der Waals surface area contributed by atoms with Gasteiger partial charge < -0.3 is 19.7 Å². The van der Waals surface area contributed by atoms with E-state index in [0.29, 0.717) is 31.1 Å². The number of halogens is 1. The van der Waals surface area contributed by atoms with Crippen LogP contribution < -0.4 is 19.7 Å². The highest BCUT2D eigenvalue weighted by Gasteiger charge is 2.20. The molecular weight excluding hydrogens is 433 g/mol. The van der Waals surface area contributed by atoms with Crippen molar-refractivity contribution in [2.75, 3.05) is 38.3 Å². The highest BCUT2D eigenvalue weighted by atomic mass is 19.1. The Morgan fingerprint density at radius 3 is 2.68 bits per heavy atom. The predicted molar refractivity (Wildman–Crippen MR) is 130 cm³/mol. The number of ether oxygens (including phenoxy) is 2.